The molecule has 3 aromatic rings. The van der Waals surface area contributed by atoms with Crippen molar-refractivity contribution in [2.45, 2.75) is 76.7 Å². The summed E-state index contributed by atoms with van der Waals surface area (Å²) in [5.41, 5.74) is 3.38. The maximum Gasteiger partial charge on any atom is 0.349 e. The lowest BCUT2D eigenvalue weighted by Gasteiger charge is -2.40. The molecule has 4 rings (SSSR count). The van der Waals surface area contributed by atoms with Crippen LogP contribution < -0.4 is 5.32 Å². The summed E-state index contributed by atoms with van der Waals surface area (Å²) < 4.78 is 6.16. The van der Waals surface area contributed by atoms with Crippen LogP contribution in [-0.4, -0.2) is 22.6 Å². The van der Waals surface area contributed by atoms with Gasteiger partial charge in [-0.25, -0.2) is 4.79 Å². The van der Waals surface area contributed by atoms with Gasteiger partial charge in [-0.15, -0.1) is 0 Å². The highest BCUT2D eigenvalue weighted by molar-refractivity contribution is 8.04. The molecule has 1 aliphatic heterocycles. The number of hydrogen-bond donors (Lipinski definition) is 2. The van der Waals surface area contributed by atoms with Crippen molar-refractivity contribution in [2.24, 2.45) is 5.92 Å². The lowest BCUT2D eigenvalue weighted by Crippen LogP contribution is -2.44. The molecule has 0 unspecified atom stereocenters. The van der Waals surface area contributed by atoms with Crippen LogP contribution in [0.3, 0.4) is 0 Å². The third-order valence-electron chi connectivity index (χ3n) is 7.81. The van der Waals surface area contributed by atoms with E-state index in [0.29, 0.717) is 23.2 Å². The van der Waals surface area contributed by atoms with E-state index >= 15 is 0 Å². The Kier molecular flexibility index (Phi) is 9.18. The molecule has 0 fully saturated rings. The maximum atomic E-state index is 13.5. The molecule has 7 heteroatoms. The van der Waals surface area contributed by atoms with Crippen molar-refractivity contribution in [1.82, 2.24) is 0 Å². The van der Waals surface area contributed by atoms with E-state index in [0.717, 1.165) is 28.0 Å². The van der Waals surface area contributed by atoms with Gasteiger partial charge in [0.2, 0.25) is 0 Å². The minimum Gasteiger partial charge on any atom is -0.511 e. The lowest BCUT2D eigenvalue weighted by atomic mass is 9.80. The third kappa shape index (κ3) is 6.88. The molecular weight excluding hydrogens is 544 g/mol. The minimum atomic E-state index is -0.788. The number of cyclic esters (lactones) is 1. The number of hydrogen-bond acceptors (Lipinski definition) is 6. The van der Waals surface area contributed by atoms with Crippen molar-refractivity contribution in [3.63, 3.8) is 0 Å². The Bertz CT molecular complexity index is 1550. The molecule has 0 saturated carbocycles. The highest BCUT2D eigenvalue weighted by Gasteiger charge is 2.44. The topological polar surface area (TPSA) is 99.4 Å². The second-order valence-corrected chi connectivity index (χ2v) is 13.3. The average molecular weight is 583 g/mol. The largest absolute Gasteiger partial charge is 0.511 e. The maximum absolute atomic E-state index is 13.5. The first-order chi connectivity index (χ1) is 19.8. The van der Waals surface area contributed by atoms with E-state index in [1.807, 2.05) is 51.1 Å². The van der Waals surface area contributed by atoms with Gasteiger partial charge < -0.3 is 15.2 Å². The van der Waals surface area contributed by atoms with Crippen molar-refractivity contribution in [3.05, 3.63) is 105 Å². The van der Waals surface area contributed by atoms with E-state index in [-0.39, 0.29) is 34.3 Å². The first-order valence-electron chi connectivity index (χ1n) is 14.2. The zero-order chi connectivity index (χ0) is 30.7. The van der Waals surface area contributed by atoms with Crippen molar-refractivity contribution in [1.29, 1.82) is 5.26 Å². The van der Waals surface area contributed by atoms with Gasteiger partial charge in [0.1, 0.15) is 16.3 Å². The third-order valence-corrected chi connectivity index (χ3v) is 8.98. The molecule has 1 amide bonds. The number of thioether (sulfide) groups is 1. The van der Waals surface area contributed by atoms with Gasteiger partial charge in [0, 0.05) is 22.6 Å². The first kappa shape index (κ1) is 30.9. The molecule has 1 atom stereocenters. The Hall–Kier alpha value is -4.02. The number of anilines is 1. The number of nitrogens with zero attached hydrogens (tertiary/aromatic N) is 1. The van der Waals surface area contributed by atoms with Gasteiger partial charge in [-0.3, -0.25) is 4.79 Å². The number of ether oxygens (including phenoxy) is 1. The fraction of sp³-hybridized carbons (Fsp3) is 0.343. The number of amides is 1. The molecule has 0 radical (unpaired) electrons. The zero-order valence-corrected chi connectivity index (χ0v) is 25.9. The monoisotopic (exact) mass is 582 g/mol. The Morgan fingerprint density at radius 2 is 1.79 bits per heavy atom. The number of aliphatic hydroxyl groups excluding tert-OH is 1. The second-order valence-electron chi connectivity index (χ2n) is 12.2. The number of carbonyl (C=O) groups excluding carboxylic acids is 2. The lowest BCUT2D eigenvalue weighted by molar-refractivity contribution is -0.164. The van der Waals surface area contributed by atoms with Gasteiger partial charge in [-0.05, 0) is 84.2 Å². The fourth-order valence-electron chi connectivity index (χ4n) is 5.09. The summed E-state index contributed by atoms with van der Waals surface area (Å²) in [6.45, 7) is 12.1. The van der Waals surface area contributed by atoms with Crippen LogP contribution in [0.15, 0.2) is 82.3 Å². The highest BCUT2D eigenvalue weighted by atomic mass is 32.2. The van der Waals surface area contributed by atoms with Gasteiger partial charge in [0.15, 0.2) is 0 Å². The zero-order valence-electron chi connectivity index (χ0n) is 25.1. The van der Waals surface area contributed by atoms with Gasteiger partial charge in [0.05, 0.1) is 11.6 Å². The molecule has 1 aliphatic rings. The quantitative estimate of drug-likeness (QED) is 0.260. The molecule has 218 valence electrons. The van der Waals surface area contributed by atoms with Crippen molar-refractivity contribution >= 4 is 29.3 Å². The molecule has 2 N–H and O–H groups in total. The molecule has 0 bridgehead atoms. The van der Waals surface area contributed by atoms with E-state index in [2.05, 4.69) is 44.3 Å². The molecule has 1 heterocycles. The summed E-state index contributed by atoms with van der Waals surface area (Å²) in [5.74, 6) is -0.722. The SMILES string of the molecule is Cc1cc(SC2=C(O)C[C@@](CCc3ccccc3)(C(C)C)OC2=O)c(C(C)(C)C)cc1NC(=O)c1ccc(C#N)cc1. The standard InChI is InChI=1S/C35H38N2O4S/c1-22(2)35(17-16-24-10-8-7-9-11-24)20-29(38)31(33(40)41-35)42-30-18-23(3)28(19-27(30)34(4,5)6)37-32(39)26-14-12-25(21-36)13-15-26/h7-15,18-19,22,38H,16-17,20H2,1-6H3,(H,37,39)/t35-/m0/s1. The number of carbonyl (C=O) groups is 2. The first-order valence-corrected chi connectivity index (χ1v) is 15.0. The Morgan fingerprint density at radius 3 is 2.36 bits per heavy atom. The number of aliphatic hydroxyl groups is 1. The molecule has 0 aliphatic carbocycles. The van der Waals surface area contributed by atoms with Crippen LogP contribution in [0.2, 0.25) is 0 Å². The molecule has 0 aromatic heterocycles. The van der Waals surface area contributed by atoms with Gasteiger partial charge in [-0.1, -0.05) is 76.7 Å². The molecule has 0 spiro atoms. The summed E-state index contributed by atoms with van der Waals surface area (Å²) in [5, 5.41) is 23.3. The fourth-order valence-corrected chi connectivity index (χ4v) is 6.33. The van der Waals surface area contributed by atoms with E-state index in [1.165, 1.54) is 11.8 Å². The number of nitrogens with one attached hydrogen (secondary N) is 1. The Labute approximate surface area is 252 Å². The molecular formula is C35H38N2O4S. The van der Waals surface area contributed by atoms with E-state index < -0.39 is 11.6 Å². The van der Waals surface area contributed by atoms with E-state index in [9.17, 15) is 14.7 Å². The minimum absolute atomic E-state index is 0.0187. The van der Waals surface area contributed by atoms with Crippen LogP contribution in [0.25, 0.3) is 0 Å². The van der Waals surface area contributed by atoms with Gasteiger partial charge in [0.25, 0.3) is 5.91 Å². The van der Waals surface area contributed by atoms with Crippen molar-refractivity contribution in [2.75, 3.05) is 5.32 Å². The summed E-state index contributed by atoms with van der Waals surface area (Å²) in [6.07, 6.45) is 1.61. The van der Waals surface area contributed by atoms with Crippen LogP contribution >= 0.6 is 11.8 Å². The number of nitriles is 1. The summed E-state index contributed by atoms with van der Waals surface area (Å²) in [4.78, 5) is 27.5. The average Bonchev–Trinajstić information content (AvgIpc) is 2.95. The molecule has 3 aromatic carbocycles. The summed E-state index contributed by atoms with van der Waals surface area (Å²) in [7, 11) is 0. The molecule has 6 nitrogen and oxygen atoms in total. The summed E-state index contributed by atoms with van der Waals surface area (Å²) in [6, 6.07) is 22.5. The Balaban J connectivity index is 1.61. The number of benzene rings is 3. The predicted molar refractivity (Wildman–Crippen MR) is 168 cm³/mol. The summed E-state index contributed by atoms with van der Waals surface area (Å²) >= 11 is 1.22. The van der Waals surface area contributed by atoms with Crippen LogP contribution in [0.1, 0.15) is 80.1 Å². The van der Waals surface area contributed by atoms with E-state index in [4.69, 9.17) is 10.00 Å². The smallest absolute Gasteiger partial charge is 0.349 e. The molecule has 0 saturated heterocycles. The van der Waals surface area contributed by atoms with Crippen molar-refractivity contribution in [3.8, 4) is 6.07 Å². The number of rotatable bonds is 8. The van der Waals surface area contributed by atoms with E-state index in [1.54, 1.807) is 24.3 Å². The van der Waals surface area contributed by atoms with Crippen LogP contribution in [-0.2, 0) is 21.4 Å². The normalized spacial score (nSPS) is 17.1. The van der Waals surface area contributed by atoms with Crippen LogP contribution in [0.4, 0.5) is 5.69 Å². The van der Waals surface area contributed by atoms with Crippen LogP contribution in [0.5, 0.6) is 0 Å². The molecule has 42 heavy (non-hydrogen) atoms. The predicted octanol–water partition coefficient (Wildman–Crippen LogP) is 8.25. The van der Waals surface area contributed by atoms with Crippen molar-refractivity contribution < 1.29 is 19.4 Å². The highest BCUT2D eigenvalue weighted by Crippen LogP contribution is 2.46. The van der Waals surface area contributed by atoms with Gasteiger partial charge >= 0.3 is 5.97 Å². The number of aryl methyl sites for hydroxylation is 2. The van der Waals surface area contributed by atoms with Crippen LogP contribution in [0, 0.1) is 24.2 Å². The van der Waals surface area contributed by atoms with Gasteiger partial charge in [-0.2, -0.15) is 5.26 Å². The Morgan fingerprint density at radius 1 is 1.12 bits per heavy atom. The second kappa shape index (κ2) is 12.5. The number of esters is 1.